The maximum atomic E-state index is 13.0. The molecule has 2 aromatic carbocycles. The summed E-state index contributed by atoms with van der Waals surface area (Å²) in [6.07, 6.45) is 1.65. The van der Waals surface area contributed by atoms with Gasteiger partial charge in [-0.25, -0.2) is 0 Å². The predicted octanol–water partition coefficient (Wildman–Crippen LogP) is 1.76. The number of allylic oxidation sites excluding steroid dienone is 1. The standard InChI is InChI=1S/C23H23N3O3Se/c1-23(2)22(26(25)12-14(24)13-30-15-8-4-3-5-9-15)18-20(28)19(27)16-10-6-7-11-17(16)21(18)29-23/h3-12,22H,13,24-25H2,1-2H3/b14-12-. The molecule has 30 heavy (non-hydrogen) atoms. The fourth-order valence-corrected chi connectivity index (χ4v) is 5.48. The molecule has 1 aliphatic carbocycles. The molecule has 1 unspecified atom stereocenters. The third-order valence-corrected chi connectivity index (χ3v) is 7.44. The Morgan fingerprint density at radius 3 is 2.40 bits per heavy atom. The maximum absolute atomic E-state index is 13.0. The number of hydrogen-bond acceptors (Lipinski definition) is 6. The first-order valence-corrected chi connectivity index (χ1v) is 11.6. The van der Waals surface area contributed by atoms with Crippen LogP contribution in [0.2, 0.25) is 5.32 Å². The second-order valence-electron chi connectivity index (χ2n) is 7.81. The van der Waals surface area contributed by atoms with Crippen LogP contribution >= 0.6 is 0 Å². The average molecular weight is 468 g/mol. The van der Waals surface area contributed by atoms with Crippen molar-refractivity contribution in [1.82, 2.24) is 5.01 Å². The number of nitrogens with two attached hydrogens (primary N) is 2. The summed E-state index contributed by atoms with van der Waals surface area (Å²) >= 11 is 0.171. The van der Waals surface area contributed by atoms with E-state index in [1.807, 2.05) is 38.1 Å². The summed E-state index contributed by atoms with van der Waals surface area (Å²) in [4.78, 5) is 25.6. The van der Waals surface area contributed by atoms with Crippen LogP contribution in [0.15, 0.2) is 72.1 Å². The second-order valence-corrected chi connectivity index (χ2v) is 10.0. The zero-order valence-electron chi connectivity index (χ0n) is 16.8. The zero-order valence-corrected chi connectivity index (χ0v) is 18.5. The molecule has 4 rings (SSSR count). The van der Waals surface area contributed by atoms with Crippen LogP contribution in [-0.4, -0.2) is 43.2 Å². The minimum absolute atomic E-state index is 0.171. The summed E-state index contributed by atoms with van der Waals surface area (Å²) in [5.41, 5.74) is 7.32. The van der Waals surface area contributed by atoms with E-state index in [2.05, 4.69) is 12.1 Å². The van der Waals surface area contributed by atoms with E-state index < -0.39 is 23.2 Å². The Labute approximate surface area is 181 Å². The minimum atomic E-state index is -0.811. The molecule has 2 aromatic rings. The van der Waals surface area contributed by atoms with E-state index in [-0.39, 0.29) is 15.0 Å². The van der Waals surface area contributed by atoms with Gasteiger partial charge in [-0.2, -0.15) is 0 Å². The number of hydrazine groups is 1. The van der Waals surface area contributed by atoms with Gasteiger partial charge in [-0.3, -0.25) is 0 Å². The van der Waals surface area contributed by atoms with Crippen molar-refractivity contribution in [3.63, 3.8) is 0 Å². The van der Waals surface area contributed by atoms with Gasteiger partial charge in [0.15, 0.2) is 0 Å². The van der Waals surface area contributed by atoms with Crippen LogP contribution in [0.3, 0.4) is 0 Å². The summed E-state index contributed by atoms with van der Waals surface area (Å²) in [5.74, 6) is 5.69. The molecule has 154 valence electrons. The normalized spacial score (nSPS) is 20.0. The Balaban J connectivity index is 1.63. The number of carbonyl (C=O) groups excluding carboxylic acids is 2. The topological polar surface area (TPSA) is 98.7 Å². The molecule has 0 saturated heterocycles. The van der Waals surface area contributed by atoms with Crippen LogP contribution in [0.25, 0.3) is 5.76 Å². The van der Waals surface area contributed by atoms with E-state index in [4.69, 9.17) is 16.3 Å². The van der Waals surface area contributed by atoms with E-state index in [1.165, 1.54) is 9.47 Å². The van der Waals surface area contributed by atoms with Crippen molar-refractivity contribution in [1.29, 1.82) is 0 Å². The number of Topliss-reactive ketones (excluding diaryl/α,β-unsaturated/α-hetero) is 2. The van der Waals surface area contributed by atoms with Gasteiger partial charge in [-0.05, 0) is 0 Å². The number of carbonyl (C=O) groups is 2. The molecule has 7 heteroatoms. The molecular weight excluding hydrogens is 445 g/mol. The van der Waals surface area contributed by atoms with Gasteiger partial charge in [0.2, 0.25) is 0 Å². The van der Waals surface area contributed by atoms with Crippen LogP contribution in [0, 0.1) is 0 Å². The van der Waals surface area contributed by atoms with Gasteiger partial charge >= 0.3 is 182 Å². The molecule has 2 aliphatic rings. The Kier molecular flexibility index (Phi) is 5.28. The van der Waals surface area contributed by atoms with Crippen LogP contribution in [0.1, 0.15) is 29.8 Å². The van der Waals surface area contributed by atoms with Crippen molar-refractivity contribution >= 4 is 36.7 Å². The fourth-order valence-electron chi connectivity index (χ4n) is 3.89. The van der Waals surface area contributed by atoms with Gasteiger partial charge in [-0.1, -0.05) is 0 Å². The second kappa shape index (κ2) is 7.76. The molecule has 0 radical (unpaired) electrons. The first kappa shape index (κ1) is 20.4. The van der Waals surface area contributed by atoms with E-state index in [0.717, 1.165) is 0 Å². The summed E-state index contributed by atoms with van der Waals surface area (Å²) < 4.78 is 7.40. The third kappa shape index (κ3) is 3.56. The monoisotopic (exact) mass is 469 g/mol. The first-order valence-electron chi connectivity index (χ1n) is 9.58. The van der Waals surface area contributed by atoms with Gasteiger partial charge in [0.25, 0.3) is 0 Å². The molecule has 1 aliphatic heterocycles. The Morgan fingerprint density at radius 1 is 1.07 bits per heavy atom. The molecule has 0 fully saturated rings. The third-order valence-electron chi connectivity index (χ3n) is 5.17. The molecule has 6 nitrogen and oxygen atoms in total. The summed E-state index contributed by atoms with van der Waals surface area (Å²) in [5, 5.41) is 2.10. The molecule has 0 saturated carbocycles. The SMILES string of the molecule is CC1(C)OC2=C(C(=O)C(=O)c3ccccc32)C1N(N)/C=C(\N)C[Se]c1ccccc1. The van der Waals surface area contributed by atoms with Crippen molar-refractivity contribution in [2.75, 3.05) is 0 Å². The number of ether oxygens (including phenoxy) is 1. The number of nitrogens with zero attached hydrogens (tertiary/aromatic N) is 1. The van der Waals surface area contributed by atoms with Crippen molar-refractivity contribution in [3.8, 4) is 0 Å². The number of benzene rings is 2. The summed E-state index contributed by atoms with van der Waals surface area (Å²) in [6, 6.07) is 16.5. The van der Waals surface area contributed by atoms with Gasteiger partial charge in [0.05, 0.1) is 0 Å². The molecule has 0 bridgehead atoms. The quantitative estimate of drug-likeness (QED) is 0.300. The van der Waals surface area contributed by atoms with Crippen LogP contribution in [-0.2, 0) is 9.53 Å². The first-order chi connectivity index (χ1) is 14.3. The van der Waals surface area contributed by atoms with Crippen molar-refractivity contribution < 1.29 is 14.3 Å². The summed E-state index contributed by atoms with van der Waals surface area (Å²) in [7, 11) is 0. The van der Waals surface area contributed by atoms with E-state index >= 15 is 0 Å². The number of ketones is 2. The van der Waals surface area contributed by atoms with Gasteiger partial charge in [-0.15, -0.1) is 0 Å². The summed E-state index contributed by atoms with van der Waals surface area (Å²) in [6.45, 7) is 3.71. The molecule has 0 amide bonds. The Morgan fingerprint density at radius 2 is 1.70 bits per heavy atom. The van der Waals surface area contributed by atoms with Gasteiger partial charge in [0, 0.05) is 0 Å². The van der Waals surface area contributed by atoms with Crippen molar-refractivity contribution in [2.24, 2.45) is 11.6 Å². The Hall–Kier alpha value is -2.86. The molecule has 4 N–H and O–H groups in total. The van der Waals surface area contributed by atoms with Crippen LogP contribution in [0.5, 0.6) is 0 Å². The Bertz CT molecular complexity index is 1080. The predicted molar refractivity (Wildman–Crippen MR) is 117 cm³/mol. The molecule has 0 aromatic heterocycles. The van der Waals surface area contributed by atoms with E-state index in [1.54, 1.807) is 24.4 Å². The van der Waals surface area contributed by atoms with E-state index in [9.17, 15) is 9.59 Å². The average Bonchev–Trinajstić information content (AvgIpc) is 3.02. The van der Waals surface area contributed by atoms with Crippen molar-refractivity contribution in [3.05, 3.63) is 83.2 Å². The number of rotatable bonds is 5. The number of fused-ring (bicyclic) bond motifs is 2. The van der Waals surface area contributed by atoms with Gasteiger partial charge in [0.1, 0.15) is 0 Å². The van der Waals surface area contributed by atoms with Gasteiger partial charge < -0.3 is 0 Å². The molecule has 1 atom stereocenters. The molecule has 1 heterocycles. The fraction of sp³-hybridized carbons (Fsp3) is 0.217. The zero-order chi connectivity index (χ0) is 21.5. The molecular formula is C23H23N3O3Se. The van der Waals surface area contributed by atoms with Crippen LogP contribution in [0.4, 0.5) is 0 Å². The van der Waals surface area contributed by atoms with E-state index in [0.29, 0.717) is 33.5 Å². The molecule has 0 spiro atoms. The van der Waals surface area contributed by atoms with Crippen molar-refractivity contribution in [2.45, 2.75) is 30.8 Å². The number of hydrogen-bond donors (Lipinski definition) is 2. The van der Waals surface area contributed by atoms with Crippen LogP contribution < -0.4 is 16.0 Å².